The lowest BCUT2D eigenvalue weighted by Gasteiger charge is -2.10. The van der Waals surface area contributed by atoms with Crippen LogP contribution in [0.25, 0.3) is 0 Å². The third-order valence-corrected chi connectivity index (χ3v) is 2.51. The van der Waals surface area contributed by atoms with E-state index >= 15 is 0 Å². The molecular formula is C11H15NO3. The van der Waals surface area contributed by atoms with Crippen molar-refractivity contribution in [1.82, 2.24) is 5.32 Å². The molecule has 2 N–H and O–H groups in total. The van der Waals surface area contributed by atoms with Crippen molar-refractivity contribution in [3.05, 3.63) is 23.8 Å². The zero-order chi connectivity index (χ0) is 10.7. The van der Waals surface area contributed by atoms with Crippen molar-refractivity contribution in [2.24, 2.45) is 0 Å². The average Bonchev–Trinajstić information content (AvgIpc) is 2.50. The Morgan fingerprint density at radius 3 is 3.20 bits per heavy atom. The molecular weight excluding hydrogens is 194 g/mol. The van der Waals surface area contributed by atoms with Crippen molar-refractivity contribution in [1.29, 1.82) is 0 Å². The summed E-state index contributed by atoms with van der Waals surface area (Å²) in [4.78, 5) is 0. The molecule has 1 aromatic carbocycles. The third kappa shape index (κ3) is 2.22. The Hall–Kier alpha value is -1.26. The van der Waals surface area contributed by atoms with Gasteiger partial charge in [-0.3, -0.25) is 0 Å². The van der Waals surface area contributed by atoms with Gasteiger partial charge in [-0.15, -0.1) is 0 Å². The van der Waals surface area contributed by atoms with Crippen LogP contribution >= 0.6 is 0 Å². The van der Waals surface area contributed by atoms with Crippen molar-refractivity contribution >= 4 is 0 Å². The van der Waals surface area contributed by atoms with Gasteiger partial charge in [-0.25, -0.2) is 0 Å². The topological polar surface area (TPSA) is 50.7 Å². The maximum absolute atomic E-state index is 9.03. The van der Waals surface area contributed by atoms with Crippen LogP contribution in [0.3, 0.4) is 0 Å². The van der Waals surface area contributed by atoms with Gasteiger partial charge in [0, 0.05) is 12.1 Å². The lowest BCUT2D eigenvalue weighted by molar-refractivity contribution is 0.191. The maximum atomic E-state index is 9.03. The average molecular weight is 209 g/mol. The molecule has 0 aromatic heterocycles. The molecule has 1 aliphatic heterocycles. The number of methoxy groups -OCH3 is 1. The van der Waals surface area contributed by atoms with Crippen LogP contribution in [-0.2, 0) is 6.54 Å². The number of aliphatic hydroxyl groups is 1. The second-order valence-corrected chi connectivity index (χ2v) is 3.55. The van der Waals surface area contributed by atoms with Crippen LogP contribution in [0.1, 0.15) is 5.56 Å². The molecule has 1 atom stereocenters. The Bertz CT molecular complexity index is 341. The van der Waals surface area contributed by atoms with E-state index in [0.717, 1.165) is 17.1 Å². The minimum atomic E-state index is 0.00314. The number of hydrogen-bond acceptors (Lipinski definition) is 4. The number of nitrogens with one attached hydrogen (secondary N) is 1. The van der Waals surface area contributed by atoms with Crippen molar-refractivity contribution in [3.63, 3.8) is 0 Å². The number of rotatable bonds is 2. The summed E-state index contributed by atoms with van der Waals surface area (Å²) in [5, 5.41) is 12.2. The summed E-state index contributed by atoms with van der Waals surface area (Å²) in [6.07, 6.45) is 0. The van der Waals surface area contributed by atoms with Crippen LogP contribution in [0, 0.1) is 0 Å². The highest BCUT2D eigenvalue weighted by Gasteiger charge is 2.15. The van der Waals surface area contributed by atoms with E-state index in [-0.39, 0.29) is 12.6 Å². The largest absolute Gasteiger partial charge is 0.497 e. The summed E-state index contributed by atoms with van der Waals surface area (Å²) in [5.41, 5.74) is 1.06. The van der Waals surface area contributed by atoms with Crippen LogP contribution in [0.4, 0.5) is 0 Å². The Morgan fingerprint density at radius 2 is 2.47 bits per heavy atom. The summed E-state index contributed by atoms with van der Waals surface area (Å²) in [7, 11) is 1.64. The number of benzene rings is 1. The smallest absolute Gasteiger partial charge is 0.124 e. The fraction of sp³-hybridized carbons (Fsp3) is 0.455. The second kappa shape index (κ2) is 4.51. The van der Waals surface area contributed by atoms with Gasteiger partial charge < -0.3 is 19.9 Å². The van der Waals surface area contributed by atoms with E-state index in [9.17, 15) is 0 Å². The molecule has 0 amide bonds. The highest BCUT2D eigenvalue weighted by atomic mass is 16.5. The van der Waals surface area contributed by atoms with E-state index in [1.165, 1.54) is 0 Å². The Labute approximate surface area is 88.8 Å². The first kappa shape index (κ1) is 10.3. The first-order valence-electron chi connectivity index (χ1n) is 4.97. The zero-order valence-electron chi connectivity index (χ0n) is 8.69. The predicted octanol–water partition coefficient (Wildman–Crippen LogP) is 0.538. The molecule has 1 heterocycles. The molecule has 1 unspecified atom stereocenters. The van der Waals surface area contributed by atoms with E-state index in [1.54, 1.807) is 7.11 Å². The SMILES string of the molecule is COc1ccc2c(c1)CNC(CO)CO2. The van der Waals surface area contributed by atoms with Crippen molar-refractivity contribution in [2.45, 2.75) is 12.6 Å². The van der Waals surface area contributed by atoms with E-state index in [0.29, 0.717) is 13.2 Å². The van der Waals surface area contributed by atoms with Crippen LogP contribution < -0.4 is 14.8 Å². The fourth-order valence-corrected chi connectivity index (χ4v) is 1.58. The maximum Gasteiger partial charge on any atom is 0.124 e. The van der Waals surface area contributed by atoms with Gasteiger partial charge in [0.15, 0.2) is 0 Å². The van der Waals surface area contributed by atoms with E-state index in [1.807, 2.05) is 18.2 Å². The number of fused-ring (bicyclic) bond motifs is 1. The quantitative estimate of drug-likeness (QED) is 0.746. The molecule has 0 saturated carbocycles. The zero-order valence-corrected chi connectivity index (χ0v) is 8.69. The van der Waals surface area contributed by atoms with Gasteiger partial charge in [0.1, 0.15) is 18.1 Å². The van der Waals surface area contributed by atoms with Crippen LogP contribution in [0.2, 0.25) is 0 Å². The van der Waals surface area contributed by atoms with Crippen molar-refractivity contribution < 1.29 is 14.6 Å². The first-order valence-corrected chi connectivity index (χ1v) is 4.97. The molecule has 1 aromatic rings. The summed E-state index contributed by atoms with van der Waals surface area (Å²) in [6, 6.07) is 5.72. The van der Waals surface area contributed by atoms with Crippen molar-refractivity contribution in [3.8, 4) is 11.5 Å². The number of hydrogen-bond donors (Lipinski definition) is 2. The van der Waals surface area contributed by atoms with Gasteiger partial charge in [-0.2, -0.15) is 0 Å². The lowest BCUT2D eigenvalue weighted by Crippen LogP contribution is -2.35. The van der Waals surface area contributed by atoms with E-state index in [2.05, 4.69) is 5.32 Å². The standard InChI is InChI=1S/C11H15NO3/c1-14-10-2-3-11-8(4-10)5-12-9(6-13)7-15-11/h2-4,9,12-13H,5-7H2,1H3. The van der Waals surface area contributed by atoms with Gasteiger partial charge in [-0.05, 0) is 18.2 Å². The van der Waals surface area contributed by atoms with E-state index < -0.39 is 0 Å². The molecule has 15 heavy (non-hydrogen) atoms. The molecule has 1 aliphatic rings. The monoisotopic (exact) mass is 209 g/mol. The molecule has 0 aliphatic carbocycles. The molecule has 2 rings (SSSR count). The van der Waals surface area contributed by atoms with Gasteiger partial charge in [0.05, 0.1) is 19.8 Å². The summed E-state index contributed by atoms with van der Waals surface area (Å²) >= 11 is 0. The van der Waals surface area contributed by atoms with Crippen molar-refractivity contribution in [2.75, 3.05) is 20.3 Å². The molecule has 4 heteroatoms. The van der Waals surface area contributed by atoms with Crippen LogP contribution in [-0.4, -0.2) is 31.5 Å². The molecule has 4 nitrogen and oxygen atoms in total. The molecule has 0 spiro atoms. The van der Waals surface area contributed by atoms with E-state index in [4.69, 9.17) is 14.6 Å². The molecule has 82 valence electrons. The highest BCUT2D eigenvalue weighted by molar-refractivity contribution is 5.40. The van der Waals surface area contributed by atoms with Gasteiger partial charge in [0.2, 0.25) is 0 Å². The van der Waals surface area contributed by atoms with Crippen LogP contribution in [0.5, 0.6) is 11.5 Å². The Morgan fingerprint density at radius 1 is 1.60 bits per heavy atom. The Balaban J connectivity index is 2.20. The highest BCUT2D eigenvalue weighted by Crippen LogP contribution is 2.25. The summed E-state index contributed by atoms with van der Waals surface area (Å²) in [5.74, 6) is 1.68. The molecule has 0 bridgehead atoms. The first-order chi connectivity index (χ1) is 7.33. The molecule has 0 fully saturated rings. The Kier molecular flexibility index (Phi) is 3.08. The molecule has 0 radical (unpaired) electrons. The second-order valence-electron chi connectivity index (χ2n) is 3.55. The van der Waals surface area contributed by atoms with Gasteiger partial charge in [0.25, 0.3) is 0 Å². The van der Waals surface area contributed by atoms with Gasteiger partial charge in [-0.1, -0.05) is 0 Å². The third-order valence-electron chi connectivity index (χ3n) is 2.51. The number of aliphatic hydroxyl groups excluding tert-OH is 1. The fourth-order valence-electron chi connectivity index (χ4n) is 1.58. The minimum absolute atomic E-state index is 0.00314. The summed E-state index contributed by atoms with van der Waals surface area (Å²) in [6.45, 7) is 1.28. The van der Waals surface area contributed by atoms with Gasteiger partial charge >= 0.3 is 0 Å². The predicted molar refractivity (Wildman–Crippen MR) is 56.2 cm³/mol. The normalized spacial score (nSPS) is 20.0. The summed E-state index contributed by atoms with van der Waals surface area (Å²) < 4.78 is 10.7. The number of ether oxygens (including phenoxy) is 2. The van der Waals surface area contributed by atoms with Crippen LogP contribution in [0.15, 0.2) is 18.2 Å². The minimum Gasteiger partial charge on any atom is -0.497 e. The lowest BCUT2D eigenvalue weighted by atomic mass is 10.2. The molecule has 0 saturated heterocycles.